The van der Waals surface area contributed by atoms with E-state index < -0.39 is 30.6 Å². The lowest BCUT2D eigenvalue weighted by Crippen LogP contribution is -2.44. The van der Waals surface area contributed by atoms with Gasteiger partial charge in [-0.05, 0) is 19.3 Å². The van der Waals surface area contributed by atoms with Gasteiger partial charge in [0.1, 0.15) is 0 Å². The Hall–Kier alpha value is -1.93. The van der Waals surface area contributed by atoms with Crippen LogP contribution in [0.3, 0.4) is 0 Å². The Bertz CT molecular complexity index is 450. The van der Waals surface area contributed by atoms with Crippen molar-refractivity contribution in [3.63, 3.8) is 0 Å². The first kappa shape index (κ1) is 22.1. The third-order valence-electron chi connectivity index (χ3n) is 3.53. The predicted octanol–water partition coefficient (Wildman–Crippen LogP) is 0.934. The van der Waals surface area contributed by atoms with Gasteiger partial charge in [0.25, 0.3) is 0 Å². The van der Waals surface area contributed by atoms with E-state index in [1.165, 1.54) is 0 Å². The van der Waals surface area contributed by atoms with Crippen molar-refractivity contribution in [1.82, 2.24) is 5.32 Å². The maximum atomic E-state index is 11.7. The number of rotatable bonds is 10. The summed E-state index contributed by atoms with van der Waals surface area (Å²) in [6, 6.07) is 0. The first-order valence-corrected chi connectivity index (χ1v) is 8.12. The van der Waals surface area contributed by atoms with Crippen molar-refractivity contribution < 1.29 is 29.3 Å². The van der Waals surface area contributed by atoms with Crippen molar-refractivity contribution in [3.05, 3.63) is 11.6 Å². The van der Waals surface area contributed by atoms with Crippen LogP contribution in [0, 0.1) is 5.92 Å². The van der Waals surface area contributed by atoms with E-state index in [9.17, 15) is 19.5 Å². The van der Waals surface area contributed by atoms with Crippen LogP contribution in [-0.2, 0) is 24.2 Å². The number of nitrogens with one attached hydrogen (secondary N) is 1. The summed E-state index contributed by atoms with van der Waals surface area (Å²) in [5, 5.41) is 11.2. The average Bonchev–Trinajstić information content (AvgIpc) is 2.58. The molecule has 0 aliphatic heterocycles. The van der Waals surface area contributed by atoms with Crippen LogP contribution in [0.25, 0.3) is 0 Å². The summed E-state index contributed by atoms with van der Waals surface area (Å²) in [4.78, 5) is 42.5. The van der Waals surface area contributed by atoms with Crippen LogP contribution in [0.15, 0.2) is 11.6 Å². The zero-order valence-corrected chi connectivity index (χ0v) is 14.5. The van der Waals surface area contributed by atoms with Gasteiger partial charge in [-0.15, -0.1) is 0 Å². The van der Waals surface area contributed by atoms with Gasteiger partial charge in [-0.3, -0.25) is 4.79 Å². The molecule has 0 saturated carbocycles. The molecule has 0 aliphatic rings. The zero-order chi connectivity index (χ0) is 18.5. The molecule has 0 saturated heterocycles. The second-order valence-electron chi connectivity index (χ2n) is 5.49. The Morgan fingerprint density at radius 1 is 1.25 bits per heavy atom. The minimum Gasteiger partial charge on any atom is -0.364 e. The molecule has 138 valence electrons. The van der Waals surface area contributed by atoms with Crippen LogP contribution in [0.2, 0.25) is 0 Å². The zero-order valence-electron chi connectivity index (χ0n) is 14.5. The summed E-state index contributed by atoms with van der Waals surface area (Å²) in [5.74, 6) is -2.40. The smallest absolute Gasteiger partial charge is 0.364 e. The second-order valence-corrected chi connectivity index (χ2v) is 5.49. The fraction of sp³-hybridized carbons (Fsp3) is 0.688. The Morgan fingerprint density at radius 3 is 2.46 bits per heavy atom. The minimum absolute atomic E-state index is 0.304. The van der Waals surface area contributed by atoms with Crippen LogP contribution < -0.4 is 11.1 Å². The van der Waals surface area contributed by atoms with Crippen molar-refractivity contribution in [2.75, 3.05) is 6.54 Å². The lowest BCUT2D eigenvalue weighted by Gasteiger charge is -2.12. The maximum Gasteiger partial charge on any atom is 0.404 e. The van der Waals surface area contributed by atoms with Crippen LogP contribution in [-0.4, -0.2) is 35.7 Å². The van der Waals surface area contributed by atoms with E-state index in [0.29, 0.717) is 11.5 Å². The molecule has 0 rings (SSSR count). The maximum absolute atomic E-state index is 11.7. The molecule has 0 aromatic carbocycles. The molecule has 0 aliphatic carbocycles. The van der Waals surface area contributed by atoms with Crippen molar-refractivity contribution in [2.24, 2.45) is 11.7 Å². The number of aliphatic hydroxyl groups is 1. The van der Waals surface area contributed by atoms with E-state index in [2.05, 4.69) is 23.6 Å². The summed E-state index contributed by atoms with van der Waals surface area (Å²) in [6.45, 7) is 5.38. The molecule has 0 fully saturated rings. The third kappa shape index (κ3) is 9.26. The Morgan fingerprint density at radius 2 is 1.92 bits per heavy atom. The van der Waals surface area contributed by atoms with Crippen LogP contribution >= 0.6 is 0 Å². The van der Waals surface area contributed by atoms with Crippen molar-refractivity contribution in [1.29, 1.82) is 0 Å². The summed E-state index contributed by atoms with van der Waals surface area (Å²) < 4.78 is 0. The Kier molecular flexibility index (Phi) is 11.5. The SMILES string of the molecule is CCCCC(CC)C/C=C(\C)C(=O)OOC(=O)C(O)NC(=O)CN. The minimum atomic E-state index is -1.95. The van der Waals surface area contributed by atoms with E-state index >= 15 is 0 Å². The molecule has 0 bridgehead atoms. The van der Waals surface area contributed by atoms with E-state index in [1.807, 2.05) is 5.32 Å². The monoisotopic (exact) mass is 344 g/mol. The van der Waals surface area contributed by atoms with Crippen LogP contribution in [0.4, 0.5) is 0 Å². The number of hydrogen-bond donors (Lipinski definition) is 3. The molecule has 0 heterocycles. The highest BCUT2D eigenvalue weighted by molar-refractivity contribution is 5.88. The fourth-order valence-corrected chi connectivity index (χ4v) is 1.87. The van der Waals surface area contributed by atoms with Gasteiger partial charge in [0, 0.05) is 5.57 Å². The molecule has 24 heavy (non-hydrogen) atoms. The molecule has 2 atom stereocenters. The van der Waals surface area contributed by atoms with Gasteiger partial charge in [0.2, 0.25) is 12.1 Å². The summed E-state index contributed by atoms with van der Waals surface area (Å²) in [5.41, 5.74) is 5.32. The molecule has 0 spiro atoms. The van der Waals surface area contributed by atoms with E-state index in [1.54, 1.807) is 13.0 Å². The van der Waals surface area contributed by atoms with E-state index in [0.717, 1.165) is 32.1 Å². The predicted molar refractivity (Wildman–Crippen MR) is 87.1 cm³/mol. The number of hydrogen-bond acceptors (Lipinski definition) is 7. The number of unbranched alkanes of at least 4 members (excludes halogenated alkanes) is 1. The molecule has 0 aromatic rings. The van der Waals surface area contributed by atoms with Gasteiger partial charge in [-0.1, -0.05) is 45.6 Å². The molecule has 1 amide bonds. The highest BCUT2D eigenvalue weighted by atomic mass is 17.2. The van der Waals surface area contributed by atoms with Gasteiger partial charge in [-0.2, -0.15) is 0 Å². The summed E-state index contributed by atoms with van der Waals surface area (Å²) in [6.07, 6.45) is 4.90. The highest BCUT2D eigenvalue weighted by Crippen LogP contribution is 2.18. The Labute approximate surface area is 142 Å². The molecular formula is C16H28N2O6. The Balaban J connectivity index is 4.31. The second kappa shape index (κ2) is 12.5. The number of amides is 1. The molecule has 8 heteroatoms. The van der Waals surface area contributed by atoms with Crippen molar-refractivity contribution in [3.8, 4) is 0 Å². The number of carbonyl (C=O) groups is 3. The first-order valence-electron chi connectivity index (χ1n) is 8.12. The topological polar surface area (TPSA) is 128 Å². The normalized spacial score (nSPS) is 13.8. The molecular weight excluding hydrogens is 316 g/mol. The number of aliphatic hydroxyl groups excluding tert-OH is 1. The van der Waals surface area contributed by atoms with Crippen molar-refractivity contribution in [2.45, 2.75) is 59.1 Å². The van der Waals surface area contributed by atoms with Gasteiger partial charge >= 0.3 is 11.9 Å². The number of carbonyl (C=O) groups excluding carboxylic acids is 3. The average molecular weight is 344 g/mol. The van der Waals surface area contributed by atoms with E-state index in [-0.39, 0.29) is 0 Å². The first-order chi connectivity index (χ1) is 11.3. The fourth-order valence-electron chi connectivity index (χ4n) is 1.87. The third-order valence-corrected chi connectivity index (χ3v) is 3.53. The number of nitrogens with two attached hydrogens (primary N) is 1. The molecule has 4 N–H and O–H groups in total. The highest BCUT2D eigenvalue weighted by Gasteiger charge is 2.22. The van der Waals surface area contributed by atoms with Crippen molar-refractivity contribution >= 4 is 17.8 Å². The van der Waals surface area contributed by atoms with Crippen LogP contribution in [0.5, 0.6) is 0 Å². The molecule has 0 aromatic heterocycles. The summed E-state index contributed by atoms with van der Waals surface area (Å²) in [7, 11) is 0. The standard InChI is InChI=1S/C16H28N2O6/c1-4-6-7-12(5-2)9-8-11(3)15(21)23-24-16(22)14(20)18-13(19)10-17/h8,12,14,20H,4-7,9-10,17H2,1-3H3,(H,18,19)/b11-8+. The molecule has 0 radical (unpaired) electrons. The van der Waals surface area contributed by atoms with Gasteiger partial charge in [0.05, 0.1) is 6.54 Å². The quantitative estimate of drug-likeness (QED) is 0.233. The lowest BCUT2D eigenvalue weighted by atomic mass is 9.95. The van der Waals surface area contributed by atoms with Gasteiger partial charge < -0.3 is 16.2 Å². The molecule has 2 unspecified atom stereocenters. The molecule has 8 nitrogen and oxygen atoms in total. The lowest BCUT2D eigenvalue weighted by molar-refractivity contribution is -0.262. The van der Waals surface area contributed by atoms with Gasteiger partial charge in [-0.25, -0.2) is 19.4 Å². The van der Waals surface area contributed by atoms with Crippen LogP contribution in [0.1, 0.15) is 52.9 Å². The summed E-state index contributed by atoms with van der Waals surface area (Å²) >= 11 is 0. The number of allylic oxidation sites excluding steroid dienone is 1. The largest absolute Gasteiger partial charge is 0.404 e. The van der Waals surface area contributed by atoms with E-state index in [4.69, 9.17) is 5.73 Å². The van der Waals surface area contributed by atoms with Gasteiger partial charge in [0.15, 0.2) is 0 Å².